The molecule has 0 heterocycles. The number of carbonyl (C=O) groups excluding carboxylic acids is 1. The fourth-order valence-corrected chi connectivity index (χ4v) is 2.03. The van der Waals surface area contributed by atoms with E-state index in [0.717, 1.165) is 18.5 Å². The maximum atomic E-state index is 11.6. The summed E-state index contributed by atoms with van der Waals surface area (Å²) in [6, 6.07) is 7.90. The fraction of sp³-hybridized carbons (Fsp3) is 0.562. The molecule has 1 aromatic rings. The van der Waals surface area contributed by atoms with E-state index < -0.39 is 0 Å². The molecule has 3 nitrogen and oxygen atoms in total. The molecule has 1 atom stereocenters. The van der Waals surface area contributed by atoms with Crippen LogP contribution in [0.1, 0.15) is 50.9 Å². The predicted molar refractivity (Wildman–Crippen MR) is 79.6 cm³/mol. The summed E-state index contributed by atoms with van der Waals surface area (Å²) in [5.74, 6) is 0.425. The summed E-state index contributed by atoms with van der Waals surface area (Å²) < 4.78 is 5.09. The highest BCUT2D eigenvalue weighted by atomic mass is 16.5. The molecule has 19 heavy (non-hydrogen) atoms. The first-order chi connectivity index (χ1) is 9.02. The van der Waals surface area contributed by atoms with E-state index in [4.69, 9.17) is 4.74 Å². The van der Waals surface area contributed by atoms with Gasteiger partial charge in [-0.05, 0) is 49.9 Å². The number of anilines is 1. The molecule has 3 heteroatoms. The number of carbonyl (C=O) groups is 1. The highest BCUT2D eigenvalue weighted by Gasteiger charge is 2.08. The Bertz CT molecular complexity index is 384. The highest BCUT2D eigenvalue weighted by Crippen LogP contribution is 2.14. The van der Waals surface area contributed by atoms with Crippen molar-refractivity contribution in [2.24, 2.45) is 5.92 Å². The number of rotatable bonds is 7. The van der Waals surface area contributed by atoms with Gasteiger partial charge in [-0.1, -0.05) is 20.8 Å². The van der Waals surface area contributed by atoms with E-state index in [1.165, 1.54) is 0 Å². The van der Waals surface area contributed by atoms with Crippen molar-refractivity contribution in [3.63, 3.8) is 0 Å². The first-order valence-electron chi connectivity index (χ1n) is 7.06. The van der Waals surface area contributed by atoms with Crippen LogP contribution in [0.25, 0.3) is 0 Å². The lowest BCUT2D eigenvalue weighted by Gasteiger charge is -2.17. The molecule has 1 aromatic carbocycles. The zero-order chi connectivity index (χ0) is 14.3. The van der Waals surface area contributed by atoms with E-state index >= 15 is 0 Å². The molecule has 0 saturated carbocycles. The maximum Gasteiger partial charge on any atom is 0.338 e. The molecule has 0 radical (unpaired) electrons. The topological polar surface area (TPSA) is 38.3 Å². The van der Waals surface area contributed by atoms with Gasteiger partial charge >= 0.3 is 5.97 Å². The lowest BCUT2D eigenvalue weighted by atomic mass is 10.0. The summed E-state index contributed by atoms with van der Waals surface area (Å²) in [4.78, 5) is 11.6. The van der Waals surface area contributed by atoms with E-state index in [1.54, 1.807) is 0 Å². The third-order valence-electron chi connectivity index (χ3n) is 2.80. The van der Waals surface area contributed by atoms with Gasteiger partial charge in [0.15, 0.2) is 0 Å². The van der Waals surface area contributed by atoms with Gasteiger partial charge in [0.1, 0.15) is 0 Å². The minimum absolute atomic E-state index is 0.247. The summed E-state index contributed by atoms with van der Waals surface area (Å²) in [7, 11) is 0. The van der Waals surface area contributed by atoms with Crippen molar-refractivity contribution in [1.29, 1.82) is 0 Å². The zero-order valence-electron chi connectivity index (χ0n) is 12.4. The fourth-order valence-electron chi connectivity index (χ4n) is 2.03. The first-order valence-corrected chi connectivity index (χ1v) is 7.06. The molecule has 1 N–H and O–H groups in total. The third kappa shape index (κ3) is 5.77. The molecular weight excluding hydrogens is 238 g/mol. The number of nitrogens with one attached hydrogen (secondary N) is 1. The standard InChI is InChI=1S/C16H25NO2/c1-5-10-19-16(18)14-6-8-15(9-7-14)17-13(4)11-12(2)3/h6-9,12-13,17H,5,10-11H2,1-4H3. The van der Waals surface area contributed by atoms with Crippen LogP contribution in [0.3, 0.4) is 0 Å². The Morgan fingerprint density at radius 1 is 1.21 bits per heavy atom. The van der Waals surface area contributed by atoms with Crippen LogP contribution in [-0.2, 0) is 4.74 Å². The van der Waals surface area contributed by atoms with Crippen LogP contribution < -0.4 is 5.32 Å². The number of hydrogen-bond acceptors (Lipinski definition) is 3. The summed E-state index contributed by atoms with van der Waals surface area (Å²) in [5, 5.41) is 3.43. The van der Waals surface area contributed by atoms with Gasteiger partial charge in [-0.15, -0.1) is 0 Å². The van der Waals surface area contributed by atoms with Gasteiger partial charge in [0.25, 0.3) is 0 Å². The Balaban J connectivity index is 2.54. The Morgan fingerprint density at radius 2 is 1.84 bits per heavy atom. The predicted octanol–water partition coefficient (Wildman–Crippen LogP) is 4.10. The van der Waals surface area contributed by atoms with E-state index in [9.17, 15) is 4.79 Å². The molecule has 0 saturated heterocycles. The van der Waals surface area contributed by atoms with Gasteiger partial charge in [-0.3, -0.25) is 0 Å². The second-order valence-electron chi connectivity index (χ2n) is 5.39. The number of esters is 1. The Labute approximate surface area is 116 Å². The van der Waals surface area contributed by atoms with Crippen LogP contribution in [0.15, 0.2) is 24.3 Å². The normalized spacial score (nSPS) is 12.3. The van der Waals surface area contributed by atoms with Crippen molar-refractivity contribution in [2.75, 3.05) is 11.9 Å². The van der Waals surface area contributed by atoms with Gasteiger partial charge in [-0.25, -0.2) is 4.79 Å². The largest absolute Gasteiger partial charge is 0.462 e. The summed E-state index contributed by atoms with van der Waals surface area (Å²) in [5.41, 5.74) is 1.65. The van der Waals surface area contributed by atoms with Gasteiger partial charge in [0, 0.05) is 11.7 Å². The second kappa shape index (κ2) is 7.82. The van der Waals surface area contributed by atoms with Crippen LogP contribution in [0.4, 0.5) is 5.69 Å². The minimum atomic E-state index is -0.247. The summed E-state index contributed by atoms with van der Waals surface area (Å²) >= 11 is 0. The molecule has 106 valence electrons. The first kappa shape index (κ1) is 15.5. The van der Waals surface area contributed by atoms with E-state index in [-0.39, 0.29) is 5.97 Å². The van der Waals surface area contributed by atoms with Gasteiger partial charge in [-0.2, -0.15) is 0 Å². The van der Waals surface area contributed by atoms with Crippen molar-refractivity contribution < 1.29 is 9.53 Å². The van der Waals surface area contributed by atoms with Crippen LogP contribution in [-0.4, -0.2) is 18.6 Å². The monoisotopic (exact) mass is 263 g/mol. The molecule has 1 unspecified atom stereocenters. The average Bonchev–Trinajstić information content (AvgIpc) is 2.35. The third-order valence-corrected chi connectivity index (χ3v) is 2.80. The molecule has 0 fully saturated rings. The lowest BCUT2D eigenvalue weighted by molar-refractivity contribution is 0.0505. The smallest absolute Gasteiger partial charge is 0.338 e. The van der Waals surface area contributed by atoms with Crippen molar-refractivity contribution in [3.8, 4) is 0 Å². The Kier molecular flexibility index (Phi) is 6.40. The lowest BCUT2D eigenvalue weighted by Crippen LogP contribution is -2.17. The molecule has 0 bridgehead atoms. The van der Waals surface area contributed by atoms with Crippen LogP contribution >= 0.6 is 0 Å². The van der Waals surface area contributed by atoms with Gasteiger partial charge < -0.3 is 10.1 Å². The van der Waals surface area contributed by atoms with E-state index in [1.807, 2.05) is 31.2 Å². The Morgan fingerprint density at radius 3 is 2.37 bits per heavy atom. The second-order valence-corrected chi connectivity index (χ2v) is 5.39. The van der Waals surface area contributed by atoms with Crippen LogP contribution in [0.2, 0.25) is 0 Å². The van der Waals surface area contributed by atoms with E-state index in [2.05, 4.69) is 26.1 Å². The van der Waals surface area contributed by atoms with E-state index in [0.29, 0.717) is 24.1 Å². The molecule has 0 amide bonds. The zero-order valence-corrected chi connectivity index (χ0v) is 12.4. The molecule has 1 rings (SSSR count). The number of ether oxygens (including phenoxy) is 1. The van der Waals surface area contributed by atoms with Crippen molar-refractivity contribution in [3.05, 3.63) is 29.8 Å². The van der Waals surface area contributed by atoms with Crippen LogP contribution in [0, 0.1) is 5.92 Å². The van der Waals surface area contributed by atoms with Crippen molar-refractivity contribution >= 4 is 11.7 Å². The van der Waals surface area contributed by atoms with Crippen molar-refractivity contribution in [1.82, 2.24) is 0 Å². The number of hydrogen-bond donors (Lipinski definition) is 1. The average molecular weight is 263 g/mol. The maximum absolute atomic E-state index is 11.6. The van der Waals surface area contributed by atoms with Crippen LogP contribution in [0.5, 0.6) is 0 Å². The van der Waals surface area contributed by atoms with Gasteiger partial charge in [0.05, 0.1) is 12.2 Å². The summed E-state index contributed by atoms with van der Waals surface area (Å²) in [6.07, 6.45) is 1.97. The molecule has 0 aliphatic heterocycles. The Hall–Kier alpha value is -1.51. The molecule has 0 aliphatic carbocycles. The molecule has 0 aliphatic rings. The summed E-state index contributed by atoms with van der Waals surface area (Å²) in [6.45, 7) is 9.06. The SMILES string of the molecule is CCCOC(=O)c1ccc(NC(C)CC(C)C)cc1. The molecule has 0 aromatic heterocycles. The van der Waals surface area contributed by atoms with Gasteiger partial charge in [0.2, 0.25) is 0 Å². The quantitative estimate of drug-likeness (QED) is 0.753. The number of benzene rings is 1. The molecular formula is C16H25NO2. The minimum Gasteiger partial charge on any atom is -0.462 e. The highest BCUT2D eigenvalue weighted by molar-refractivity contribution is 5.89. The molecule has 0 spiro atoms. The van der Waals surface area contributed by atoms with Crippen molar-refractivity contribution in [2.45, 2.75) is 46.6 Å².